The zero-order valence-electron chi connectivity index (χ0n) is 26.9. The molecule has 1 fully saturated rings. The van der Waals surface area contributed by atoms with Crippen molar-refractivity contribution in [2.75, 3.05) is 58.3 Å². The molecule has 3 heterocycles. The molecule has 1 aromatic heterocycles. The minimum absolute atomic E-state index is 0.184. The summed E-state index contributed by atoms with van der Waals surface area (Å²) in [5.41, 5.74) is 3.98. The zero-order chi connectivity index (χ0) is 33.2. The summed E-state index contributed by atoms with van der Waals surface area (Å²) in [6, 6.07) is 17.9. The predicted octanol–water partition coefficient (Wildman–Crippen LogP) is 5.37. The first-order valence-corrected chi connectivity index (χ1v) is 16.4. The van der Waals surface area contributed by atoms with Gasteiger partial charge in [0.05, 0.1) is 0 Å². The van der Waals surface area contributed by atoms with E-state index in [0.29, 0.717) is 24.7 Å². The molecule has 3 aromatic carbocycles. The van der Waals surface area contributed by atoms with Crippen molar-refractivity contribution < 1.29 is 18.8 Å². The van der Waals surface area contributed by atoms with Gasteiger partial charge in [0.2, 0.25) is 5.91 Å². The third-order valence-corrected chi connectivity index (χ3v) is 9.49. The summed E-state index contributed by atoms with van der Waals surface area (Å²) in [7, 11) is 4.04. The van der Waals surface area contributed by atoms with E-state index in [9.17, 15) is 18.8 Å². The van der Waals surface area contributed by atoms with E-state index in [1.54, 1.807) is 21.9 Å². The number of rotatable bonds is 7. The third-order valence-electron chi connectivity index (χ3n) is 9.25. The van der Waals surface area contributed by atoms with Crippen LogP contribution in [0.15, 0.2) is 72.9 Å². The molecule has 6 rings (SSSR count). The average Bonchev–Trinajstić information content (AvgIpc) is 3.50. The second-order valence-electron chi connectivity index (χ2n) is 12.8. The highest BCUT2D eigenvalue weighted by molar-refractivity contribution is 6.30. The standard InChI is InChI=1S/C36H40ClFN6O3/c1-23(30-20-39-31-10-5-4-9-29(30)31)33(35(46)44-22-24(21-41(2)3)17-26-18-27(37)11-12-32(26)44)40-36(47)43-15-13-42(14-16-43)34(45)25-7-6-8-28(38)19-25/h4-12,18-20,23-24,33,39H,13-17,21-22H2,1-3H3,(H,40,47)/t23-,24-,33-/m1/s1. The minimum Gasteiger partial charge on any atom is -0.361 e. The van der Waals surface area contributed by atoms with Crippen LogP contribution in [0.4, 0.5) is 14.9 Å². The Labute approximate surface area is 279 Å². The normalized spacial score (nSPS) is 17.8. The average molecular weight is 659 g/mol. The fourth-order valence-corrected chi connectivity index (χ4v) is 7.11. The van der Waals surface area contributed by atoms with Crippen LogP contribution in [0.2, 0.25) is 5.02 Å². The number of H-pyrrole nitrogens is 1. The number of hydrogen-bond acceptors (Lipinski definition) is 4. The van der Waals surface area contributed by atoms with Crippen molar-refractivity contribution >= 4 is 46.0 Å². The highest BCUT2D eigenvalue weighted by atomic mass is 35.5. The van der Waals surface area contributed by atoms with Crippen LogP contribution in [-0.4, -0.2) is 96.9 Å². The summed E-state index contributed by atoms with van der Waals surface area (Å²) >= 11 is 6.40. The van der Waals surface area contributed by atoms with E-state index < -0.39 is 11.9 Å². The number of aromatic amines is 1. The van der Waals surface area contributed by atoms with Gasteiger partial charge in [-0.15, -0.1) is 0 Å². The quantitative estimate of drug-likeness (QED) is 0.280. The summed E-state index contributed by atoms with van der Waals surface area (Å²) < 4.78 is 13.7. The van der Waals surface area contributed by atoms with Gasteiger partial charge in [-0.2, -0.15) is 0 Å². The number of piperazine rings is 1. The van der Waals surface area contributed by atoms with Gasteiger partial charge in [0, 0.05) is 78.6 Å². The number of carbonyl (C=O) groups is 3. The number of para-hydroxylation sites is 1. The maximum Gasteiger partial charge on any atom is 0.318 e. The van der Waals surface area contributed by atoms with Crippen molar-refractivity contribution in [2.24, 2.45) is 5.92 Å². The van der Waals surface area contributed by atoms with E-state index in [1.807, 2.05) is 68.5 Å². The molecule has 4 amide bonds. The van der Waals surface area contributed by atoms with Gasteiger partial charge in [0.25, 0.3) is 5.91 Å². The van der Waals surface area contributed by atoms with Crippen LogP contribution in [0, 0.1) is 11.7 Å². The summed E-state index contributed by atoms with van der Waals surface area (Å²) in [5, 5.41) is 4.72. The minimum atomic E-state index is -0.879. The lowest BCUT2D eigenvalue weighted by atomic mass is 9.88. The van der Waals surface area contributed by atoms with Crippen molar-refractivity contribution in [3.05, 3.63) is 100 Å². The second-order valence-corrected chi connectivity index (χ2v) is 13.3. The molecule has 0 unspecified atom stereocenters. The number of benzene rings is 3. The number of carbonyl (C=O) groups excluding carboxylic acids is 3. The second kappa shape index (κ2) is 13.8. The Morgan fingerprint density at radius 2 is 1.74 bits per heavy atom. The van der Waals surface area contributed by atoms with Crippen LogP contribution < -0.4 is 10.2 Å². The number of nitrogens with zero attached hydrogens (tertiary/aromatic N) is 4. The van der Waals surface area contributed by atoms with Crippen molar-refractivity contribution in [3.63, 3.8) is 0 Å². The predicted molar refractivity (Wildman–Crippen MR) is 182 cm³/mol. The molecule has 0 aliphatic carbocycles. The Bertz CT molecular complexity index is 1790. The van der Waals surface area contributed by atoms with Gasteiger partial charge in [-0.3, -0.25) is 9.59 Å². The molecule has 1 saturated heterocycles. The lowest BCUT2D eigenvalue weighted by molar-refractivity contribution is -0.121. The van der Waals surface area contributed by atoms with Crippen molar-refractivity contribution in [2.45, 2.75) is 25.3 Å². The third kappa shape index (κ3) is 6.99. The molecule has 2 aliphatic heterocycles. The molecule has 0 spiro atoms. The smallest absolute Gasteiger partial charge is 0.318 e. The molecule has 3 atom stereocenters. The summed E-state index contributed by atoms with van der Waals surface area (Å²) in [6.07, 6.45) is 2.71. The molecule has 246 valence electrons. The maximum atomic E-state index is 14.7. The van der Waals surface area contributed by atoms with Crippen LogP contribution in [0.1, 0.15) is 34.3 Å². The first-order valence-electron chi connectivity index (χ1n) is 16.0. The zero-order valence-corrected chi connectivity index (χ0v) is 27.6. The molecular weight excluding hydrogens is 619 g/mol. The number of amides is 4. The number of nitrogens with one attached hydrogen (secondary N) is 2. The van der Waals surface area contributed by atoms with Gasteiger partial charge < -0.3 is 29.9 Å². The van der Waals surface area contributed by atoms with Gasteiger partial charge in [-0.25, -0.2) is 9.18 Å². The van der Waals surface area contributed by atoms with Crippen LogP contribution in [0.25, 0.3) is 10.9 Å². The summed E-state index contributed by atoms with van der Waals surface area (Å²) in [5.74, 6) is -1.13. The first kappa shape index (κ1) is 32.5. The Balaban J connectivity index is 1.26. The van der Waals surface area contributed by atoms with Crippen LogP contribution in [0.3, 0.4) is 0 Å². The molecule has 2 N–H and O–H groups in total. The number of urea groups is 1. The molecule has 2 aliphatic rings. The van der Waals surface area contributed by atoms with Gasteiger partial charge in [0.15, 0.2) is 0 Å². The molecule has 9 nitrogen and oxygen atoms in total. The molecule has 11 heteroatoms. The highest BCUT2D eigenvalue weighted by Crippen LogP contribution is 2.35. The van der Waals surface area contributed by atoms with Crippen LogP contribution in [0.5, 0.6) is 0 Å². The molecular formula is C36H40ClFN6O3. The van der Waals surface area contributed by atoms with E-state index in [1.165, 1.54) is 18.2 Å². The Kier molecular flexibility index (Phi) is 9.52. The van der Waals surface area contributed by atoms with Gasteiger partial charge in [-0.05, 0) is 80.0 Å². The molecule has 0 saturated carbocycles. The SMILES string of the molecule is C[C@H](c1c[nH]c2ccccc12)[C@@H](NC(=O)N1CCN(C(=O)c2cccc(F)c2)CC1)C(=O)N1C[C@@H](CN(C)C)Cc2cc(Cl)ccc21. The van der Waals surface area contributed by atoms with E-state index in [4.69, 9.17) is 11.6 Å². The fraction of sp³-hybridized carbons (Fsp3) is 0.361. The van der Waals surface area contributed by atoms with Crippen molar-refractivity contribution in [3.8, 4) is 0 Å². The molecule has 0 radical (unpaired) electrons. The highest BCUT2D eigenvalue weighted by Gasteiger charge is 2.38. The molecule has 0 bridgehead atoms. The number of halogens is 2. The largest absolute Gasteiger partial charge is 0.361 e. The number of fused-ring (bicyclic) bond motifs is 2. The Morgan fingerprint density at radius 3 is 2.49 bits per heavy atom. The fourth-order valence-electron chi connectivity index (χ4n) is 6.92. The lowest BCUT2D eigenvalue weighted by Crippen LogP contribution is -2.59. The monoisotopic (exact) mass is 658 g/mol. The van der Waals surface area contributed by atoms with E-state index >= 15 is 0 Å². The van der Waals surface area contributed by atoms with Crippen LogP contribution >= 0.6 is 11.6 Å². The number of aromatic nitrogens is 1. The molecule has 4 aromatic rings. The van der Waals surface area contributed by atoms with E-state index in [-0.39, 0.29) is 48.3 Å². The van der Waals surface area contributed by atoms with Gasteiger partial charge in [0.1, 0.15) is 11.9 Å². The van der Waals surface area contributed by atoms with E-state index in [0.717, 1.165) is 40.7 Å². The van der Waals surface area contributed by atoms with Gasteiger partial charge in [-0.1, -0.05) is 42.8 Å². The Hall–Kier alpha value is -4.41. The maximum absolute atomic E-state index is 14.7. The first-order chi connectivity index (χ1) is 22.6. The van der Waals surface area contributed by atoms with E-state index in [2.05, 4.69) is 15.2 Å². The number of hydrogen-bond donors (Lipinski definition) is 2. The van der Waals surface area contributed by atoms with Gasteiger partial charge >= 0.3 is 6.03 Å². The topological polar surface area (TPSA) is 92.0 Å². The lowest BCUT2D eigenvalue weighted by Gasteiger charge is -2.40. The number of anilines is 1. The summed E-state index contributed by atoms with van der Waals surface area (Å²) in [4.78, 5) is 52.1. The summed E-state index contributed by atoms with van der Waals surface area (Å²) in [6.45, 7) is 4.44. The van der Waals surface area contributed by atoms with Crippen molar-refractivity contribution in [1.29, 1.82) is 0 Å². The van der Waals surface area contributed by atoms with Crippen LogP contribution in [-0.2, 0) is 11.2 Å². The Morgan fingerprint density at radius 1 is 1.00 bits per heavy atom. The molecule has 47 heavy (non-hydrogen) atoms. The van der Waals surface area contributed by atoms with Crippen molar-refractivity contribution in [1.82, 2.24) is 25.0 Å².